The van der Waals surface area contributed by atoms with E-state index in [4.69, 9.17) is 0 Å². The molecule has 26 heavy (non-hydrogen) atoms. The largest absolute Gasteiger partial charge is 0.275 e. The van der Waals surface area contributed by atoms with Gasteiger partial charge >= 0.3 is 0 Å². The van der Waals surface area contributed by atoms with Crippen LogP contribution in [0.1, 0.15) is 42.9 Å². The van der Waals surface area contributed by atoms with Gasteiger partial charge in [-0.15, -0.1) is 0 Å². The van der Waals surface area contributed by atoms with Crippen molar-refractivity contribution in [1.29, 1.82) is 0 Å². The maximum absolute atomic E-state index is 13.3. The van der Waals surface area contributed by atoms with E-state index in [1.54, 1.807) is 4.90 Å². The molecule has 0 aromatic heterocycles. The van der Waals surface area contributed by atoms with Crippen LogP contribution in [0.2, 0.25) is 0 Å². The van der Waals surface area contributed by atoms with Crippen LogP contribution in [-0.2, 0) is 9.59 Å². The summed E-state index contributed by atoms with van der Waals surface area (Å²) >= 11 is 0. The third-order valence-corrected chi connectivity index (χ3v) is 6.95. The van der Waals surface area contributed by atoms with E-state index < -0.39 is 0 Å². The highest BCUT2D eigenvalue weighted by Crippen LogP contribution is 2.62. The summed E-state index contributed by atoms with van der Waals surface area (Å²) < 4.78 is 0. The molecule has 2 saturated carbocycles. The van der Waals surface area contributed by atoms with Crippen molar-refractivity contribution in [2.24, 2.45) is 23.7 Å². The first kappa shape index (κ1) is 15.8. The molecule has 132 valence electrons. The number of carbonyl (C=O) groups excluding carboxylic acids is 2. The molecule has 1 saturated heterocycles. The molecule has 0 N–H and O–H groups in total. The minimum atomic E-state index is -0.184. The van der Waals surface area contributed by atoms with Crippen molar-refractivity contribution in [2.75, 3.05) is 0 Å². The van der Waals surface area contributed by atoms with Gasteiger partial charge in [0.1, 0.15) is 0 Å². The monoisotopic (exact) mass is 345 g/mol. The van der Waals surface area contributed by atoms with Gasteiger partial charge in [0.15, 0.2) is 0 Å². The Labute approximate surface area is 154 Å². The summed E-state index contributed by atoms with van der Waals surface area (Å²) in [7, 11) is 0. The van der Waals surface area contributed by atoms with E-state index in [-0.39, 0.29) is 29.7 Å². The summed E-state index contributed by atoms with van der Waals surface area (Å²) in [4.78, 5) is 28.0. The summed E-state index contributed by atoms with van der Waals surface area (Å²) in [6, 6.07) is 20.2. The highest BCUT2D eigenvalue weighted by atomic mass is 16.2. The number of likely N-dealkylation sites (tertiary alicyclic amines) is 1. The SMILES string of the molecule is C[C@H](c1ccccc1)N1C(=O)[C@@H]2[C@@H]3C[C@@H]([C@H]2C1=O)[C@H](c1ccccc1)C3. The van der Waals surface area contributed by atoms with Crippen LogP contribution < -0.4 is 0 Å². The molecule has 2 aromatic rings. The lowest BCUT2D eigenvalue weighted by Gasteiger charge is -2.29. The molecular weight excluding hydrogens is 322 g/mol. The molecule has 5 rings (SSSR count). The number of fused-ring (bicyclic) bond motifs is 5. The Morgan fingerprint density at radius 2 is 1.46 bits per heavy atom. The highest BCUT2D eigenvalue weighted by molar-refractivity contribution is 6.06. The van der Waals surface area contributed by atoms with Gasteiger partial charge in [0.05, 0.1) is 17.9 Å². The van der Waals surface area contributed by atoms with Crippen molar-refractivity contribution in [1.82, 2.24) is 4.90 Å². The van der Waals surface area contributed by atoms with E-state index in [1.807, 2.05) is 43.3 Å². The van der Waals surface area contributed by atoms with Crippen molar-refractivity contribution >= 4 is 11.8 Å². The van der Waals surface area contributed by atoms with Gasteiger partial charge in [-0.05, 0) is 48.6 Å². The average Bonchev–Trinajstić information content (AvgIpc) is 3.34. The fraction of sp³-hybridized carbons (Fsp3) is 0.391. The Hall–Kier alpha value is -2.42. The minimum absolute atomic E-state index is 0.0597. The van der Waals surface area contributed by atoms with Crippen LogP contribution in [0, 0.1) is 23.7 Å². The summed E-state index contributed by atoms with van der Waals surface area (Å²) in [5.74, 6) is 1.03. The quantitative estimate of drug-likeness (QED) is 0.783. The van der Waals surface area contributed by atoms with Crippen LogP contribution in [-0.4, -0.2) is 16.7 Å². The van der Waals surface area contributed by atoms with Gasteiger partial charge in [-0.25, -0.2) is 0 Å². The van der Waals surface area contributed by atoms with Gasteiger partial charge in [-0.3, -0.25) is 14.5 Å². The maximum atomic E-state index is 13.3. The molecule has 0 radical (unpaired) electrons. The number of imide groups is 1. The van der Waals surface area contributed by atoms with E-state index in [2.05, 4.69) is 24.3 Å². The van der Waals surface area contributed by atoms with Crippen LogP contribution in [0.25, 0.3) is 0 Å². The molecule has 1 aliphatic heterocycles. The molecule has 2 aliphatic carbocycles. The van der Waals surface area contributed by atoms with Gasteiger partial charge < -0.3 is 0 Å². The zero-order valence-corrected chi connectivity index (χ0v) is 14.9. The van der Waals surface area contributed by atoms with Crippen LogP contribution in [0.4, 0.5) is 0 Å². The Morgan fingerprint density at radius 1 is 0.846 bits per heavy atom. The Bertz CT molecular complexity index is 847. The predicted octanol–water partition coefficient (Wildman–Crippen LogP) is 4.17. The van der Waals surface area contributed by atoms with Crippen LogP contribution in [0.3, 0.4) is 0 Å². The average molecular weight is 345 g/mol. The molecule has 3 fully saturated rings. The molecule has 2 aromatic carbocycles. The zero-order chi connectivity index (χ0) is 17.8. The van der Waals surface area contributed by atoms with Crippen LogP contribution in [0.5, 0.6) is 0 Å². The molecule has 2 amide bonds. The van der Waals surface area contributed by atoms with Gasteiger partial charge in [-0.2, -0.15) is 0 Å². The van der Waals surface area contributed by atoms with E-state index in [0.717, 1.165) is 18.4 Å². The lowest BCUT2D eigenvalue weighted by atomic mass is 9.73. The van der Waals surface area contributed by atoms with Crippen molar-refractivity contribution in [3.05, 3.63) is 71.8 Å². The number of hydrogen-bond donors (Lipinski definition) is 0. The molecule has 2 bridgehead atoms. The molecule has 0 unspecified atom stereocenters. The third-order valence-electron chi connectivity index (χ3n) is 6.95. The third kappa shape index (κ3) is 2.13. The normalized spacial score (nSPS) is 33.6. The predicted molar refractivity (Wildman–Crippen MR) is 99.1 cm³/mol. The molecule has 3 nitrogen and oxygen atoms in total. The summed E-state index contributed by atoms with van der Waals surface area (Å²) in [6.45, 7) is 1.97. The van der Waals surface area contributed by atoms with Crippen molar-refractivity contribution in [3.63, 3.8) is 0 Å². The first-order valence-electron chi connectivity index (χ1n) is 9.63. The smallest absolute Gasteiger partial charge is 0.233 e. The van der Waals surface area contributed by atoms with Crippen molar-refractivity contribution in [3.8, 4) is 0 Å². The number of amides is 2. The fourth-order valence-electron chi connectivity index (χ4n) is 5.83. The van der Waals surface area contributed by atoms with Crippen molar-refractivity contribution < 1.29 is 9.59 Å². The van der Waals surface area contributed by atoms with E-state index >= 15 is 0 Å². The second-order valence-corrected chi connectivity index (χ2v) is 8.10. The first-order chi connectivity index (χ1) is 12.7. The molecule has 3 heteroatoms. The van der Waals surface area contributed by atoms with Crippen molar-refractivity contribution in [2.45, 2.75) is 31.7 Å². The fourth-order valence-corrected chi connectivity index (χ4v) is 5.83. The summed E-state index contributed by atoms with van der Waals surface area (Å²) in [5.41, 5.74) is 2.36. The first-order valence-corrected chi connectivity index (χ1v) is 9.63. The number of nitrogens with zero attached hydrogens (tertiary/aromatic N) is 1. The van der Waals surface area contributed by atoms with Gasteiger partial charge in [0.2, 0.25) is 11.8 Å². The second kappa shape index (κ2) is 5.80. The number of benzene rings is 2. The Morgan fingerprint density at radius 3 is 2.15 bits per heavy atom. The summed E-state index contributed by atoms with van der Waals surface area (Å²) in [5, 5.41) is 0. The van der Waals surface area contributed by atoms with E-state index in [9.17, 15) is 9.59 Å². The number of carbonyl (C=O) groups is 2. The topological polar surface area (TPSA) is 37.4 Å². The Kier molecular flexibility index (Phi) is 3.53. The second-order valence-electron chi connectivity index (χ2n) is 8.10. The lowest BCUT2D eigenvalue weighted by molar-refractivity contribution is -0.143. The molecule has 3 aliphatic rings. The van der Waals surface area contributed by atoms with E-state index in [0.29, 0.717) is 17.8 Å². The number of hydrogen-bond acceptors (Lipinski definition) is 2. The van der Waals surface area contributed by atoms with Crippen LogP contribution in [0.15, 0.2) is 60.7 Å². The molecule has 6 atom stereocenters. The van der Waals surface area contributed by atoms with Crippen LogP contribution >= 0.6 is 0 Å². The van der Waals surface area contributed by atoms with Gasteiger partial charge in [0.25, 0.3) is 0 Å². The van der Waals surface area contributed by atoms with Gasteiger partial charge in [0, 0.05) is 0 Å². The number of rotatable bonds is 3. The Balaban J connectivity index is 1.46. The molecule has 1 heterocycles. The minimum Gasteiger partial charge on any atom is -0.275 e. The molecular formula is C23H23NO2. The zero-order valence-electron chi connectivity index (χ0n) is 14.9. The summed E-state index contributed by atoms with van der Waals surface area (Å²) in [6.07, 6.45) is 2.07. The van der Waals surface area contributed by atoms with E-state index in [1.165, 1.54) is 5.56 Å². The maximum Gasteiger partial charge on any atom is 0.233 e. The lowest BCUT2D eigenvalue weighted by Crippen LogP contribution is -2.35. The molecule has 0 spiro atoms. The highest BCUT2D eigenvalue weighted by Gasteiger charge is 2.64. The van der Waals surface area contributed by atoms with Gasteiger partial charge in [-0.1, -0.05) is 60.7 Å². The standard InChI is InChI=1S/C23H23NO2/c1-14(15-8-4-2-5-9-15)24-22(25)20-17-12-18(16-10-6-3-7-11-16)19(13-17)21(20)23(24)26/h2-11,14,17-21H,12-13H2,1H3/t14-,17+,18+,19-,20-,21-/m1/s1.